The van der Waals surface area contributed by atoms with E-state index in [-0.39, 0.29) is 6.71 Å². The third-order valence-electron chi connectivity index (χ3n) is 8.50. The molecule has 6 aromatic carbocycles. The average molecular weight is 541 g/mol. The van der Waals surface area contributed by atoms with Crippen LogP contribution >= 0.6 is 0 Å². The van der Waals surface area contributed by atoms with Crippen LogP contribution in [0.3, 0.4) is 0 Å². The van der Waals surface area contributed by atoms with Crippen molar-refractivity contribution < 1.29 is 14.2 Å². The normalized spacial score (nSPS) is 13.4. The summed E-state index contributed by atoms with van der Waals surface area (Å²) in [5, 5.41) is 0. The number of fused-ring (bicyclic) bond motifs is 6. The summed E-state index contributed by atoms with van der Waals surface area (Å²) >= 11 is 0. The molecule has 0 radical (unpaired) electrons. The molecule has 6 aromatic rings. The second-order valence-corrected chi connectivity index (χ2v) is 11.0. The van der Waals surface area contributed by atoms with Gasteiger partial charge in [0.05, 0.1) is 11.4 Å². The minimum absolute atomic E-state index is 0.0736. The zero-order valence-corrected chi connectivity index (χ0v) is 22.9. The first-order valence-corrected chi connectivity index (χ1v) is 14.2. The van der Waals surface area contributed by atoms with Gasteiger partial charge in [0.25, 0.3) is 6.71 Å². The molecule has 0 fully saturated rings. The van der Waals surface area contributed by atoms with Gasteiger partial charge in [-0.1, -0.05) is 66.7 Å². The van der Waals surface area contributed by atoms with Crippen LogP contribution in [0.15, 0.2) is 127 Å². The summed E-state index contributed by atoms with van der Waals surface area (Å²) in [7, 11) is 0. The van der Waals surface area contributed by atoms with Crippen molar-refractivity contribution in [2.45, 2.75) is 6.92 Å². The summed E-state index contributed by atoms with van der Waals surface area (Å²) < 4.78 is 19.3. The van der Waals surface area contributed by atoms with E-state index in [2.05, 4.69) is 103 Å². The van der Waals surface area contributed by atoms with E-state index in [1.807, 2.05) is 36.4 Å². The first-order chi connectivity index (χ1) is 20.7. The molecule has 0 saturated carbocycles. The fraction of sp³-hybridized carbons (Fsp3) is 0.0270. The Morgan fingerprint density at radius 2 is 0.952 bits per heavy atom. The van der Waals surface area contributed by atoms with Crippen molar-refractivity contribution in [2.75, 3.05) is 4.90 Å². The van der Waals surface area contributed by atoms with Crippen LogP contribution in [0.5, 0.6) is 34.5 Å². The molecule has 5 heteroatoms. The minimum Gasteiger partial charge on any atom is -0.458 e. The molecule has 0 aliphatic carbocycles. The lowest BCUT2D eigenvalue weighted by atomic mass is 9.35. The third kappa shape index (κ3) is 3.37. The van der Waals surface area contributed by atoms with Gasteiger partial charge in [0, 0.05) is 11.2 Å². The van der Waals surface area contributed by atoms with Gasteiger partial charge in [-0.3, -0.25) is 0 Å². The molecule has 198 valence electrons. The predicted molar refractivity (Wildman–Crippen MR) is 169 cm³/mol. The molecule has 42 heavy (non-hydrogen) atoms. The highest BCUT2D eigenvalue weighted by molar-refractivity contribution is 6.98. The molecular weight excluding hydrogens is 517 g/mol. The van der Waals surface area contributed by atoms with Crippen molar-refractivity contribution in [3.8, 4) is 45.6 Å². The quantitative estimate of drug-likeness (QED) is 0.208. The van der Waals surface area contributed by atoms with Crippen molar-refractivity contribution in [2.24, 2.45) is 0 Å². The Labute approximate surface area is 244 Å². The lowest BCUT2D eigenvalue weighted by molar-refractivity contribution is 0.465. The molecule has 4 nitrogen and oxygen atoms in total. The van der Waals surface area contributed by atoms with E-state index in [1.54, 1.807) is 0 Å². The summed E-state index contributed by atoms with van der Waals surface area (Å²) in [4.78, 5) is 2.29. The number of nitrogens with zero attached hydrogens (tertiary/aromatic N) is 1. The predicted octanol–water partition coefficient (Wildman–Crippen LogP) is 7.97. The van der Waals surface area contributed by atoms with Gasteiger partial charge in [-0.25, -0.2) is 0 Å². The number of hydrogen-bond acceptors (Lipinski definition) is 4. The third-order valence-corrected chi connectivity index (χ3v) is 8.50. The molecular formula is C37H24BNO3. The molecule has 0 bridgehead atoms. The number of ether oxygens (including phenoxy) is 3. The number of para-hydroxylation sites is 6. The Kier molecular flexibility index (Phi) is 4.88. The van der Waals surface area contributed by atoms with E-state index in [4.69, 9.17) is 14.2 Å². The monoisotopic (exact) mass is 541 g/mol. The van der Waals surface area contributed by atoms with E-state index in [1.165, 1.54) is 10.9 Å². The average Bonchev–Trinajstić information content (AvgIpc) is 3.03. The molecule has 3 aliphatic rings. The van der Waals surface area contributed by atoms with Crippen LogP contribution in [0.2, 0.25) is 0 Å². The van der Waals surface area contributed by atoms with Crippen LogP contribution in [0.4, 0.5) is 17.1 Å². The Morgan fingerprint density at radius 1 is 0.452 bits per heavy atom. The van der Waals surface area contributed by atoms with Gasteiger partial charge in [0.1, 0.15) is 23.0 Å². The second kappa shape index (κ2) is 8.79. The van der Waals surface area contributed by atoms with Crippen molar-refractivity contribution in [3.63, 3.8) is 0 Å². The van der Waals surface area contributed by atoms with Crippen molar-refractivity contribution >= 4 is 40.2 Å². The molecule has 9 rings (SSSR count). The molecule has 0 aromatic heterocycles. The van der Waals surface area contributed by atoms with Crippen LogP contribution in [-0.4, -0.2) is 6.71 Å². The Morgan fingerprint density at radius 3 is 1.52 bits per heavy atom. The number of anilines is 3. The van der Waals surface area contributed by atoms with E-state index in [9.17, 15) is 0 Å². The highest BCUT2D eigenvalue weighted by Crippen LogP contribution is 2.51. The Bertz CT molecular complexity index is 1950. The van der Waals surface area contributed by atoms with Gasteiger partial charge < -0.3 is 19.1 Å². The van der Waals surface area contributed by atoms with Crippen LogP contribution in [0.25, 0.3) is 11.1 Å². The molecule has 0 N–H and O–H groups in total. The maximum Gasteiger partial charge on any atom is 0.260 e. The zero-order valence-electron chi connectivity index (χ0n) is 22.9. The lowest BCUT2D eigenvalue weighted by Crippen LogP contribution is -2.57. The first kappa shape index (κ1) is 23.3. The van der Waals surface area contributed by atoms with Gasteiger partial charge in [0.2, 0.25) is 0 Å². The maximum absolute atomic E-state index is 6.53. The number of aryl methyl sites for hydroxylation is 1. The highest BCUT2D eigenvalue weighted by atomic mass is 16.5. The van der Waals surface area contributed by atoms with E-state index in [0.717, 1.165) is 73.7 Å². The SMILES string of the molecule is Cc1cc(-c2cc3c4c(c2)Oc2ccccc2B4c2ccccc2O3)ccc1N1c2ccccc2Oc2ccccc21. The van der Waals surface area contributed by atoms with Gasteiger partial charge in [-0.05, 0) is 95.2 Å². The smallest absolute Gasteiger partial charge is 0.260 e. The fourth-order valence-corrected chi connectivity index (χ4v) is 6.61. The molecule has 0 unspecified atom stereocenters. The first-order valence-electron chi connectivity index (χ1n) is 14.2. The van der Waals surface area contributed by atoms with Gasteiger partial charge >= 0.3 is 0 Å². The summed E-state index contributed by atoms with van der Waals surface area (Å²) in [6.07, 6.45) is 0. The standard InChI is InChI=1S/C37H24BNO3/c1-23-20-24(18-19-28(23)39-29-12-4-8-16-33(29)42-34-17-9-5-13-30(34)39)25-21-35-37-36(22-25)41-32-15-7-3-11-27(32)38(37)26-10-2-6-14-31(26)40-35/h2-22H,1H3. The van der Waals surface area contributed by atoms with Gasteiger partial charge in [-0.15, -0.1) is 0 Å². The van der Waals surface area contributed by atoms with Crippen LogP contribution in [0.1, 0.15) is 5.56 Å². The largest absolute Gasteiger partial charge is 0.458 e. The highest BCUT2D eigenvalue weighted by Gasteiger charge is 2.40. The summed E-state index contributed by atoms with van der Waals surface area (Å²) in [5.74, 6) is 5.17. The fourth-order valence-electron chi connectivity index (χ4n) is 6.61. The van der Waals surface area contributed by atoms with E-state index >= 15 is 0 Å². The Balaban J connectivity index is 1.17. The molecule has 0 spiro atoms. The second-order valence-electron chi connectivity index (χ2n) is 11.0. The van der Waals surface area contributed by atoms with Crippen molar-refractivity contribution in [1.82, 2.24) is 0 Å². The Hall–Kier alpha value is -5.42. The van der Waals surface area contributed by atoms with Crippen LogP contribution in [0, 0.1) is 6.92 Å². The number of benzene rings is 6. The molecule has 0 amide bonds. The van der Waals surface area contributed by atoms with Crippen molar-refractivity contribution in [1.29, 1.82) is 0 Å². The van der Waals surface area contributed by atoms with Gasteiger partial charge in [0.15, 0.2) is 11.5 Å². The van der Waals surface area contributed by atoms with E-state index in [0.29, 0.717) is 0 Å². The lowest BCUT2D eigenvalue weighted by Gasteiger charge is -2.34. The van der Waals surface area contributed by atoms with E-state index < -0.39 is 0 Å². The maximum atomic E-state index is 6.53. The summed E-state index contributed by atoms with van der Waals surface area (Å²) in [5.41, 5.74) is 9.89. The van der Waals surface area contributed by atoms with Crippen LogP contribution < -0.4 is 35.5 Å². The van der Waals surface area contributed by atoms with Gasteiger partial charge in [-0.2, -0.15) is 0 Å². The zero-order chi connectivity index (χ0) is 27.8. The van der Waals surface area contributed by atoms with Crippen molar-refractivity contribution in [3.05, 3.63) is 133 Å². The molecule has 3 aliphatic heterocycles. The minimum atomic E-state index is 0.0736. The summed E-state index contributed by atoms with van der Waals surface area (Å²) in [6.45, 7) is 2.24. The van der Waals surface area contributed by atoms with Crippen LogP contribution in [-0.2, 0) is 0 Å². The summed E-state index contributed by atoms with van der Waals surface area (Å²) in [6, 6.07) is 44.0. The molecule has 3 heterocycles. The number of hydrogen-bond donors (Lipinski definition) is 0. The number of rotatable bonds is 2. The topological polar surface area (TPSA) is 30.9 Å². The molecule has 0 atom stereocenters. The molecule has 0 saturated heterocycles.